The molecule has 0 heterocycles. The summed E-state index contributed by atoms with van der Waals surface area (Å²) >= 11 is 0. The maximum absolute atomic E-state index is 12.8. The number of carbonyl (C=O) groups is 1. The number of hydrogen-bond acceptors (Lipinski definition) is 5. The minimum Gasteiger partial charge on any atom is -0.493 e. The highest BCUT2D eigenvalue weighted by atomic mass is 16.5. The van der Waals surface area contributed by atoms with Crippen LogP contribution in [0.1, 0.15) is 22.0 Å². The van der Waals surface area contributed by atoms with Gasteiger partial charge in [-0.3, -0.25) is 4.79 Å². The first-order chi connectivity index (χ1) is 13.8. The third kappa shape index (κ3) is 5.32. The third-order valence-corrected chi connectivity index (χ3v) is 4.90. The molecule has 0 spiro atoms. The first-order valence-electron chi connectivity index (χ1n) is 9.47. The van der Waals surface area contributed by atoms with Crippen LogP contribution in [-0.4, -0.2) is 62.0 Å². The zero-order chi connectivity index (χ0) is 21.6. The summed E-state index contributed by atoms with van der Waals surface area (Å²) in [6.45, 7) is 0.499. The molecule has 2 aromatic rings. The third-order valence-electron chi connectivity index (χ3n) is 4.90. The van der Waals surface area contributed by atoms with Crippen LogP contribution in [0.2, 0.25) is 0 Å². The molecular weight excluding hydrogens is 370 g/mol. The Balaban J connectivity index is 2.18. The van der Waals surface area contributed by atoms with E-state index in [1.807, 2.05) is 14.1 Å². The van der Waals surface area contributed by atoms with Gasteiger partial charge in [0.2, 0.25) is 5.75 Å². The number of ether oxygens (including phenoxy) is 3. The average molecular weight is 403 g/mol. The SMILES string of the molecule is COc1cc(C(=O)NC[C@H](c2ccc(N(C)C)cc2)[NH+](C)C)cc(OC)c1OC. The number of nitrogens with zero attached hydrogens (tertiary/aromatic N) is 1. The molecule has 158 valence electrons. The van der Waals surface area contributed by atoms with Crippen molar-refractivity contribution in [3.8, 4) is 17.2 Å². The van der Waals surface area contributed by atoms with Gasteiger partial charge in [0, 0.05) is 30.9 Å². The van der Waals surface area contributed by atoms with E-state index in [1.54, 1.807) is 12.1 Å². The Morgan fingerprint density at radius 3 is 1.97 bits per heavy atom. The van der Waals surface area contributed by atoms with Gasteiger partial charge in [0.15, 0.2) is 11.5 Å². The van der Waals surface area contributed by atoms with Gasteiger partial charge >= 0.3 is 0 Å². The van der Waals surface area contributed by atoms with Crippen molar-refractivity contribution in [1.29, 1.82) is 0 Å². The van der Waals surface area contributed by atoms with Gasteiger partial charge in [-0.05, 0) is 24.3 Å². The van der Waals surface area contributed by atoms with E-state index >= 15 is 0 Å². The lowest BCUT2D eigenvalue weighted by molar-refractivity contribution is -0.890. The summed E-state index contributed by atoms with van der Waals surface area (Å²) in [5.41, 5.74) is 2.76. The highest BCUT2D eigenvalue weighted by Gasteiger charge is 2.21. The second-order valence-corrected chi connectivity index (χ2v) is 7.24. The van der Waals surface area contributed by atoms with Crippen LogP contribution < -0.4 is 29.3 Å². The summed E-state index contributed by atoms with van der Waals surface area (Å²) in [6, 6.07) is 11.8. The van der Waals surface area contributed by atoms with E-state index in [1.165, 1.54) is 31.8 Å². The zero-order valence-corrected chi connectivity index (χ0v) is 18.3. The molecular formula is C22H32N3O4+. The topological polar surface area (TPSA) is 64.5 Å². The Hall–Kier alpha value is -2.93. The van der Waals surface area contributed by atoms with E-state index in [4.69, 9.17) is 14.2 Å². The smallest absolute Gasteiger partial charge is 0.251 e. The van der Waals surface area contributed by atoms with Crippen LogP contribution in [0.4, 0.5) is 5.69 Å². The number of quaternary nitrogens is 1. The molecule has 0 aliphatic carbocycles. The maximum Gasteiger partial charge on any atom is 0.251 e. The molecule has 1 amide bonds. The van der Waals surface area contributed by atoms with E-state index in [-0.39, 0.29) is 11.9 Å². The second-order valence-electron chi connectivity index (χ2n) is 7.24. The number of benzene rings is 2. The molecule has 7 nitrogen and oxygen atoms in total. The molecule has 7 heteroatoms. The van der Waals surface area contributed by atoms with Gasteiger partial charge in [-0.15, -0.1) is 0 Å². The lowest BCUT2D eigenvalue weighted by Crippen LogP contribution is -3.07. The first kappa shape index (κ1) is 22.4. The van der Waals surface area contributed by atoms with E-state index in [9.17, 15) is 4.79 Å². The molecule has 0 radical (unpaired) electrons. The van der Waals surface area contributed by atoms with Crippen molar-refractivity contribution in [2.75, 3.05) is 61.0 Å². The van der Waals surface area contributed by atoms with Crippen molar-refractivity contribution >= 4 is 11.6 Å². The highest BCUT2D eigenvalue weighted by Crippen LogP contribution is 2.38. The number of carbonyl (C=O) groups excluding carboxylic acids is 1. The quantitative estimate of drug-likeness (QED) is 0.664. The molecule has 0 saturated carbocycles. The average Bonchev–Trinajstić information content (AvgIpc) is 2.72. The van der Waals surface area contributed by atoms with Gasteiger partial charge < -0.3 is 29.3 Å². The standard InChI is InChI=1S/C22H31N3O4/c1-24(2)17-10-8-15(9-11-17)18(25(3)4)14-23-22(26)16-12-19(27-5)21(29-7)20(13-16)28-6/h8-13,18H,14H2,1-7H3,(H,23,26)/p+1/t18-/m1/s1. The predicted octanol–water partition coefficient (Wildman–Crippen LogP) is 1.39. The van der Waals surface area contributed by atoms with Gasteiger partial charge in [0.1, 0.15) is 6.04 Å². The molecule has 0 aliphatic rings. The van der Waals surface area contributed by atoms with E-state index in [0.29, 0.717) is 29.4 Å². The minimum atomic E-state index is -0.194. The summed E-state index contributed by atoms with van der Waals surface area (Å²) in [5.74, 6) is 1.17. The van der Waals surface area contributed by atoms with Gasteiger partial charge in [-0.2, -0.15) is 0 Å². The molecule has 2 aromatic carbocycles. The Bertz CT molecular complexity index is 794. The Kier molecular flexibility index (Phi) is 7.73. The minimum absolute atomic E-state index is 0.122. The van der Waals surface area contributed by atoms with Gasteiger partial charge in [0.05, 0.1) is 42.0 Å². The van der Waals surface area contributed by atoms with Gasteiger partial charge in [-0.25, -0.2) is 0 Å². The van der Waals surface area contributed by atoms with Crippen molar-refractivity contribution in [2.24, 2.45) is 0 Å². The van der Waals surface area contributed by atoms with Crippen LogP contribution in [0.25, 0.3) is 0 Å². The molecule has 0 unspecified atom stereocenters. The van der Waals surface area contributed by atoms with E-state index < -0.39 is 0 Å². The summed E-state index contributed by atoms with van der Waals surface area (Å²) in [7, 11) is 12.8. The first-order valence-corrected chi connectivity index (χ1v) is 9.47. The molecule has 1 atom stereocenters. The van der Waals surface area contributed by atoms with Crippen molar-refractivity contribution in [3.63, 3.8) is 0 Å². The number of anilines is 1. The van der Waals surface area contributed by atoms with Crippen LogP contribution in [0.15, 0.2) is 36.4 Å². The molecule has 2 rings (SSSR count). The molecule has 0 bridgehead atoms. The second kappa shape index (κ2) is 10.0. The largest absolute Gasteiger partial charge is 0.493 e. The van der Waals surface area contributed by atoms with Crippen molar-refractivity contribution < 1.29 is 23.9 Å². The summed E-state index contributed by atoms with van der Waals surface area (Å²) in [4.78, 5) is 16.1. The van der Waals surface area contributed by atoms with Crippen LogP contribution in [0, 0.1) is 0 Å². The fourth-order valence-corrected chi connectivity index (χ4v) is 3.17. The van der Waals surface area contributed by atoms with E-state index in [2.05, 4.69) is 48.6 Å². The number of nitrogens with one attached hydrogen (secondary N) is 2. The number of hydrogen-bond donors (Lipinski definition) is 2. The van der Waals surface area contributed by atoms with Crippen molar-refractivity contribution in [2.45, 2.75) is 6.04 Å². The fourth-order valence-electron chi connectivity index (χ4n) is 3.17. The number of rotatable bonds is 9. The predicted molar refractivity (Wildman–Crippen MR) is 115 cm³/mol. The van der Waals surface area contributed by atoms with Crippen LogP contribution in [-0.2, 0) is 0 Å². The molecule has 0 aromatic heterocycles. The van der Waals surface area contributed by atoms with E-state index in [0.717, 1.165) is 5.69 Å². The lowest BCUT2D eigenvalue weighted by atomic mass is 10.0. The Morgan fingerprint density at radius 1 is 1.00 bits per heavy atom. The van der Waals surface area contributed by atoms with Crippen molar-refractivity contribution in [3.05, 3.63) is 47.5 Å². The van der Waals surface area contributed by atoms with Crippen LogP contribution in [0.3, 0.4) is 0 Å². The monoisotopic (exact) mass is 402 g/mol. The number of likely N-dealkylation sites (N-methyl/N-ethyl adjacent to an activating group) is 1. The molecule has 0 aliphatic heterocycles. The van der Waals surface area contributed by atoms with Crippen LogP contribution in [0.5, 0.6) is 17.2 Å². The maximum atomic E-state index is 12.8. The zero-order valence-electron chi connectivity index (χ0n) is 18.3. The molecule has 2 N–H and O–H groups in total. The summed E-state index contributed by atoms with van der Waals surface area (Å²) < 4.78 is 16.0. The Morgan fingerprint density at radius 2 is 1.55 bits per heavy atom. The summed E-state index contributed by atoms with van der Waals surface area (Å²) in [6.07, 6.45) is 0. The van der Waals surface area contributed by atoms with Gasteiger partial charge in [-0.1, -0.05) is 12.1 Å². The molecule has 0 fully saturated rings. The van der Waals surface area contributed by atoms with Gasteiger partial charge in [0.25, 0.3) is 5.91 Å². The van der Waals surface area contributed by atoms with Crippen LogP contribution >= 0.6 is 0 Å². The highest BCUT2D eigenvalue weighted by molar-refractivity contribution is 5.95. The molecule has 29 heavy (non-hydrogen) atoms. The normalized spacial score (nSPS) is 11.7. The summed E-state index contributed by atoms with van der Waals surface area (Å²) in [5, 5.41) is 3.03. The Labute approximate surface area is 173 Å². The number of methoxy groups -OCH3 is 3. The van der Waals surface area contributed by atoms with Crippen molar-refractivity contribution in [1.82, 2.24) is 5.32 Å². The molecule has 0 saturated heterocycles. The number of amides is 1. The lowest BCUT2D eigenvalue weighted by Gasteiger charge is -2.23. The fraction of sp³-hybridized carbons (Fsp3) is 0.409.